The highest BCUT2D eigenvalue weighted by atomic mass is 16.5. The van der Waals surface area contributed by atoms with Crippen LogP contribution >= 0.6 is 0 Å². The number of phenolic OH excluding ortho intramolecular Hbond substituents is 1. The molecule has 0 aromatic heterocycles. The Balaban J connectivity index is 2.16. The van der Waals surface area contributed by atoms with Crippen LogP contribution in [-0.4, -0.2) is 30.1 Å². The number of benzene rings is 2. The fraction of sp³-hybridized carbons (Fsp3) is 0.263. The number of aromatic hydroxyl groups is 1. The molecule has 2 rings (SSSR count). The monoisotopic (exact) mass is 328 g/mol. The Morgan fingerprint density at radius 1 is 1.04 bits per heavy atom. The Morgan fingerprint density at radius 2 is 1.75 bits per heavy atom. The highest BCUT2D eigenvalue weighted by Gasteiger charge is 2.23. The summed E-state index contributed by atoms with van der Waals surface area (Å²) in [5.41, 5.74) is 2.28. The van der Waals surface area contributed by atoms with Crippen LogP contribution in [0, 0.1) is 13.8 Å². The van der Waals surface area contributed by atoms with Gasteiger partial charge in [0.1, 0.15) is 17.1 Å². The maximum absolute atomic E-state index is 12.5. The number of carbonyl (C=O) groups excluding carboxylic acids is 2. The van der Waals surface area contributed by atoms with Gasteiger partial charge in [-0.2, -0.15) is 0 Å². The smallest absolute Gasteiger partial charge is 0.342 e. The van der Waals surface area contributed by atoms with E-state index in [1.807, 2.05) is 26.0 Å². The van der Waals surface area contributed by atoms with Crippen molar-refractivity contribution in [3.8, 4) is 11.5 Å². The van der Waals surface area contributed by atoms with Crippen molar-refractivity contribution in [2.24, 2.45) is 0 Å². The van der Waals surface area contributed by atoms with Crippen molar-refractivity contribution in [1.82, 2.24) is 0 Å². The number of Topliss-reactive ketones (excluding diaryl/α,β-unsaturated/α-hetero) is 1. The summed E-state index contributed by atoms with van der Waals surface area (Å²) in [4.78, 5) is 24.7. The highest BCUT2D eigenvalue weighted by molar-refractivity contribution is 6.02. The van der Waals surface area contributed by atoms with Gasteiger partial charge in [0, 0.05) is 11.6 Å². The number of phenols is 1. The van der Waals surface area contributed by atoms with Crippen molar-refractivity contribution < 1.29 is 24.2 Å². The Hall–Kier alpha value is -2.82. The molecule has 126 valence electrons. The molecule has 0 saturated heterocycles. The SMILES string of the molecule is COc1ccc(C(=O)O[C@@H](C)C(=O)c2cc(C)ccc2C)c(O)c1. The maximum atomic E-state index is 12.5. The van der Waals surface area contributed by atoms with E-state index in [-0.39, 0.29) is 17.1 Å². The summed E-state index contributed by atoms with van der Waals surface area (Å²) in [7, 11) is 1.46. The van der Waals surface area contributed by atoms with Crippen LogP contribution in [0.1, 0.15) is 38.8 Å². The molecule has 0 radical (unpaired) electrons. The number of rotatable bonds is 5. The minimum absolute atomic E-state index is 0.0172. The number of ether oxygens (including phenoxy) is 2. The van der Waals surface area contributed by atoms with E-state index in [1.165, 1.54) is 32.2 Å². The van der Waals surface area contributed by atoms with Gasteiger partial charge >= 0.3 is 5.97 Å². The lowest BCUT2D eigenvalue weighted by Gasteiger charge is -2.15. The zero-order chi connectivity index (χ0) is 17.9. The second-order valence-corrected chi connectivity index (χ2v) is 5.61. The van der Waals surface area contributed by atoms with E-state index < -0.39 is 12.1 Å². The average molecular weight is 328 g/mol. The Kier molecular flexibility index (Phi) is 5.24. The summed E-state index contributed by atoms with van der Waals surface area (Å²) in [5, 5.41) is 9.88. The van der Waals surface area contributed by atoms with Crippen molar-refractivity contribution in [3.63, 3.8) is 0 Å². The van der Waals surface area contributed by atoms with Gasteiger partial charge in [-0.15, -0.1) is 0 Å². The first-order valence-electron chi connectivity index (χ1n) is 7.53. The Morgan fingerprint density at radius 3 is 2.38 bits per heavy atom. The van der Waals surface area contributed by atoms with Crippen LogP contribution in [0.2, 0.25) is 0 Å². The fourth-order valence-corrected chi connectivity index (χ4v) is 2.31. The number of ketones is 1. The molecule has 0 aliphatic rings. The lowest BCUT2D eigenvalue weighted by molar-refractivity contribution is 0.0315. The molecule has 2 aromatic rings. The molecule has 5 nitrogen and oxygen atoms in total. The quantitative estimate of drug-likeness (QED) is 0.672. The first-order chi connectivity index (χ1) is 11.3. The summed E-state index contributed by atoms with van der Waals surface area (Å²) >= 11 is 0. The van der Waals surface area contributed by atoms with Crippen LogP contribution in [0.25, 0.3) is 0 Å². The van der Waals surface area contributed by atoms with Crippen molar-refractivity contribution in [2.75, 3.05) is 7.11 Å². The molecule has 0 aliphatic carbocycles. The van der Waals surface area contributed by atoms with Crippen LogP contribution < -0.4 is 4.74 Å². The van der Waals surface area contributed by atoms with E-state index in [2.05, 4.69) is 0 Å². The van der Waals surface area contributed by atoms with Gasteiger partial charge in [-0.1, -0.05) is 17.7 Å². The van der Waals surface area contributed by atoms with Gasteiger partial charge in [-0.25, -0.2) is 4.79 Å². The van der Waals surface area contributed by atoms with Gasteiger partial charge < -0.3 is 14.6 Å². The highest BCUT2D eigenvalue weighted by Crippen LogP contribution is 2.24. The van der Waals surface area contributed by atoms with E-state index in [0.717, 1.165) is 11.1 Å². The molecule has 2 aromatic carbocycles. The first-order valence-corrected chi connectivity index (χ1v) is 7.53. The number of hydrogen-bond acceptors (Lipinski definition) is 5. The minimum atomic E-state index is -0.959. The standard InChI is InChI=1S/C19H20O5/c1-11-5-6-12(2)16(9-11)18(21)13(3)24-19(22)15-8-7-14(23-4)10-17(15)20/h5-10,13,20H,1-4H3/t13-/m0/s1. The van der Waals surface area contributed by atoms with Crippen molar-refractivity contribution in [3.05, 3.63) is 58.7 Å². The second-order valence-electron chi connectivity index (χ2n) is 5.61. The molecule has 0 saturated carbocycles. The molecule has 0 spiro atoms. The summed E-state index contributed by atoms with van der Waals surface area (Å²) in [5.74, 6) is -0.881. The van der Waals surface area contributed by atoms with Crippen LogP contribution in [0.5, 0.6) is 11.5 Å². The third-order valence-electron chi connectivity index (χ3n) is 3.74. The molecule has 0 heterocycles. The zero-order valence-electron chi connectivity index (χ0n) is 14.1. The first kappa shape index (κ1) is 17.5. The molecular weight excluding hydrogens is 308 g/mol. The fourth-order valence-electron chi connectivity index (χ4n) is 2.31. The van der Waals surface area contributed by atoms with Gasteiger partial charge in [-0.05, 0) is 44.5 Å². The third kappa shape index (κ3) is 3.74. The van der Waals surface area contributed by atoms with E-state index in [4.69, 9.17) is 9.47 Å². The summed E-state index contributed by atoms with van der Waals surface area (Å²) in [6.45, 7) is 5.24. The Bertz CT molecular complexity index is 779. The van der Waals surface area contributed by atoms with Crippen LogP contribution in [0.15, 0.2) is 36.4 Å². The molecule has 5 heteroatoms. The molecule has 1 N–H and O–H groups in total. The van der Waals surface area contributed by atoms with E-state index in [9.17, 15) is 14.7 Å². The molecule has 0 aliphatic heterocycles. The lowest BCUT2D eigenvalue weighted by Crippen LogP contribution is -2.25. The molecule has 1 atom stereocenters. The maximum Gasteiger partial charge on any atom is 0.342 e. The molecule has 0 bridgehead atoms. The molecule has 0 fully saturated rings. The van der Waals surface area contributed by atoms with Gasteiger partial charge in [-0.3, -0.25) is 4.79 Å². The third-order valence-corrected chi connectivity index (χ3v) is 3.74. The van der Waals surface area contributed by atoms with Crippen molar-refractivity contribution in [1.29, 1.82) is 0 Å². The molecular formula is C19H20O5. The average Bonchev–Trinajstić information content (AvgIpc) is 2.55. The van der Waals surface area contributed by atoms with Crippen molar-refractivity contribution >= 4 is 11.8 Å². The predicted octanol–water partition coefficient (Wildman–Crippen LogP) is 3.45. The van der Waals surface area contributed by atoms with E-state index in [1.54, 1.807) is 6.07 Å². The molecule has 24 heavy (non-hydrogen) atoms. The zero-order valence-corrected chi connectivity index (χ0v) is 14.1. The van der Waals surface area contributed by atoms with Crippen LogP contribution in [0.4, 0.5) is 0 Å². The Labute approximate surface area is 140 Å². The van der Waals surface area contributed by atoms with Gasteiger partial charge in [0.25, 0.3) is 0 Å². The number of aryl methyl sites for hydroxylation is 2. The normalized spacial score (nSPS) is 11.7. The van der Waals surface area contributed by atoms with Crippen molar-refractivity contribution in [2.45, 2.75) is 26.9 Å². The van der Waals surface area contributed by atoms with Crippen LogP contribution in [-0.2, 0) is 4.74 Å². The van der Waals surface area contributed by atoms with Gasteiger partial charge in [0.15, 0.2) is 6.10 Å². The summed E-state index contributed by atoms with van der Waals surface area (Å²) in [6, 6.07) is 9.78. The topological polar surface area (TPSA) is 72.8 Å². The van der Waals surface area contributed by atoms with Gasteiger partial charge in [0.05, 0.1) is 7.11 Å². The van der Waals surface area contributed by atoms with Gasteiger partial charge in [0.2, 0.25) is 5.78 Å². The molecule has 0 unspecified atom stereocenters. The predicted molar refractivity (Wildman–Crippen MR) is 89.8 cm³/mol. The number of esters is 1. The second kappa shape index (κ2) is 7.17. The van der Waals surface area contributed by atoms with E-state index in [0.29, 0.717) is 11.3 Å². The number of hydrogen-bond donors (Lipinski definition) is 1. The minimum Gasteiger partial charge on any atom is -0.507 e. The molecule has 0 amide bonds. The lowest BCUT2D eigenvalue weighted by atomic mass is 9.99. The number of methoxy groups -OCH3 is 1. The summed E-state index contributed by atoms with van der Waals surface area (Å²) < 4.78 is 10.2. The van der Waals surface area contributed by atoms with E-state index >= 15 is 0 Å². The van der Waals surface area contributed by atoms with Crippen LogP contribution in [0.3, 0.4) is 0 Å². The summed E-state index contributed by atoms with van der Waals surface area (Å²) in [6.07, 6.45) is -0.959. The largest absolute Gasteiger partial charge is 0.507 e. The number of carbonyl (C=O) groups is 2.